The maximum Gasteiger partial charge on any atom is 0.409 e. The topological polar surface area (TPSA) is 61.9 Å². The highest BCUT2D eigenvalue weighted by Gasteiger charge is 2.52. The van der Waals surface area contributed by atoms with E-state index in [4.69, 9.17) is 4.74 Å². The molecule has 0 aliphatic carbocycles. The summed E-state index contributed by atoms with van der Waals surface area (Å²) >= 11 is 3.63. The van der Waals surface area contributed by atoms with Gasteiger partial charge in [-0.2, -0.15) is 0 Å². The molecule has 1 saturated heterocycles. The molecular formula is C33H30BrN3O3. The van der Waals surface area contributed by atoms with Crippen LogP contribution in [0.1, 0.15) is 38.7 Å². The Hall–Kier alpha value is -3.94. The average molecular weight is 597 g/mol. The Kier molecular flexibility index (Phi) is 7.66. The van der Waals surface area contributed by atoms with Crippen LogP contribution in [-0.4, -0.2) is 34.7 Å². The first-order valence-electron chi connectivity index (χ1n) is 13.5. The van der Waals surface area contributed by atoms with Crippen molar-refractivity contribution in [2.75, 3.05) is 6.54 Å². The van der Waals surface area contributed by atoms with E-state index < -0.39 is 12.3 Å². The van der Waals surface area contributed by atoms with Crippen molar-refractivity contribution in [2.45, 2.75) is 31.7 Å². The predicted molar refractivity (Wildman–Crippen MR) is 157 cm³/mol. The van der Waals surface area contributed by atoms with Gasteiger partial charge in [0.2, 0.25) is 0 Å². The summed E-state index contributed by atoms with van der Waals surface area (Å²) in [6, 6.07) is 35.4. The molecule has 0 unspecified atom stereocenters. The van der Waals surface area contributed by atoms with Crippen molar-refractivity contribution >= 4 is 27.9 Å². The van der Waals surface area contributed by atoms with Gasteiger partial charge in [-0.05, 0) is 59.4 Å². The maximum atomic E-state index is 14.1. The van der Waals surface area contributed by atoms with Crippen molar-refractivity contribution in [3.8, 4) is 0 Å². The number of carbonyl (C=O) groups excluding carboxylic acids is 2. The SMILES string of the molecule is O=C(N[C@H]1[C@H](Cc2ccccc2)[C@H]2c3ccc(Br)cc3CCN2N1C(=O)c1ccccc1)OCc1ccccc1. The Bertz CT molecular complexity index is 1480. The summed E-state index contributed by atoms with van der Waals surface area (Å²) in [5.41, 5.74) is 5.07. The second kappa shape index (κ2) is 11.7. The molecule has 1 N–H and O–H groups in total. The third-order valence-corrected chi connectivity index (χ3v) is 8.22. The van der Waals surface area contributed by atoms with E-state index in [1.54, 1.807) is 5.01 Å². The number of rotatable bonds is 6. The molecular weight excluding hydrogens is 566 g/mol. The number of nitrogens with one attached hydrogen (secondary N) is 1. The molecule has 2 aliphatic heterocycles. The molecule has 0 bridgehead atoms. The second-order valence-corrected chi connectivity index (χ2v) is 11.1. The average Bonchev–Trinajstić information content (AvgIpc) is 3.29. The lowest BCUT2D eigenvalue weighted by Crippen LogP contribution is -2.54. The fourth-order valence-electron chi connectivity index (χ4n) is 5.94. The van der Waals surface area contributed by atoms with Gasteiger partial charge in [-0.1, -0.05) is 101 Å². The lowest BCUT2D eigenvalue weighted by Gasteiger charge is -2.38. The van der Waals surface area contributed by atoms with Gasteiger partial charge >= 0.3 is 6.09 Å². The number of hydrogen-bond donors (Lipinski definition) is 1. The van der Waals surface area contributed by atoms with Gasteiger partial charge in [0.15, 0.2) is 0 Å². The van der Waals surface area contributed by atoms with Crippen molar-refractivity contribution in [3.05, 3.63) is 141 Å². The molecule has 3 atom stereocenters. The molecule has 6 nitrogen and oxygen atoms in total. The largest absolute Gasteiger partial charge is 0.445 e. The van der Waals surface area contributed by atoms with Crippen molar-refractivity contribution in [2.24, 2.45) is 5.92 Å². The van der Waals surface area contributed by atoms with Crippen LogP contribution in [0.2, 0.25) is 0 Å². The Morgan fingerprint density at radius 3 is 2.20 bits per heavy atom. The molecule has 2 aliphatic rings. The molecule has 202 valence electrons. The Morgan fingerprint density at radius 1 is 0.850 bits per heavy atom. The zero-order valence-electron chi connectivity index (χ0n) is 21.9. The number of fused-ring (bicyclic) bond motifs is 3. The van der Waals surface area contributed by atoms with Crippen LogP contribution in [0.3, 0.4) is 0 Å². The van der Waals surface area contributed by atoms with Crippen LogP contribution in [0, 0.1) is 5.92 Å². The summed E-state index contributed by atoms with van der Waals surface area (Å²) in [4.78, 5) is 27.4. The summed E-state index contributed by atoms with van der Waals surface area (Å²) in [5.74, 6) is -0.255. The van der Waals surface area contributed by atoms with Crippen LogP contribution in [0.5, 0.6) is 0 Å². The Morgan fingerprint density at radius 2 is 1.50 bits per heavy atom. The molecule has 4 aromatic rings. The molecule has 4 aromatic carbocycles. The van der Waals surface area contributed by atoms with E-state index in [1.807, 2.05) is 78.9 Å². The van der Waals surface area contributed by atoms with Crippen molar-refractivity contribution in [1.82, 2.24) is 15.3 Å². The molecule has 7 heteroatoms. The zero-order chi connectivity index (χ0) is 27.5. The van der Waals surface area contributed by atoms with Gasteiger partial charge in [-0.15, -0.1) is 0 Å². The third kappa shape index (κ3) is 5.40. The summed E-state index contributed by atoms with van der Waals surface area (Å²) in [6.45, 7) is 0.814. The molecule has 0 saturated carbocycles. The first-order valence-corrected chi connectivity index (χ1v) is 14.3. The fourth-order valence-corrected chi connectivity index (χ4v) is 6.35. The highest BCUT2D eigenvalue weighted by Crippen LogP contribution is 2.46. The van der Waals surface area contributed by atoms with Gasteiger partial charge in [0.25, 0.3) is 5.91 Å². The van der Waals surface area contributed by atoms with Gasteiger partial charge in [-0.3, -0.25) is 10.1 Å². The monoisotopic (exact) mass is 595 g/mol. The first kappa shape index (κ1) is 26.3. The third-order valence-electron chi connectivity index (χ3n) is 7.73. The lowest BCUT2D eigenvalue weighted by atomic mass is 9.82. The van der Waals surface area contributed by atoms with Crippen LogP contribution in [0.15, 0.2) is 114 Å². The van der Waals surface area contributed by atoms with Crippen LogP contribution < -0.4 is 5.32 Å². The van der Waals surface area contributed by atoms with Crippen LogP contribution in [-0.2, 0) is 24.2 Å². The second-order valence-electron chi connectivity index (χ2n) is 10.2. The molecule has 40 heavy (non-hydrogen) atoms. The molecule has 0 spiro atoms. The number of amides is 2. The highest BCUT2D eigenvalue weighted by atomic mass is 79.9. The predicted octanol–water partition coefficient (Wildman–Crippen LogP) is 6.53. The van der Waals surface area contributed by atoms with E-state index in [0.29, 0.717) is 18.5 Å². The van der Waals surface area contributed by atoms with E-state index in [2.05, 4.69) is 56.6 Å². The van der Waals surface area contributed by atoms with Crippen LogP contribution >= 0.6 is 15.9 Å². The van der Waals surface area contributed by atoms with Crippen molar-refractivity contribution in [3.63, 3.8) is 0 Å². The number of carbonyl (C=O) groups is 2. The molecule has 0 aromatic heterocycles. The van der Waals surface area contributed by atoms with E-state index >= 15 is 0 Å². The minimum Gasteiger partial charge on any atom is -0.445 e. The molecule has 2 heterocycles. The lowest BCUT2D eigenvalue weighted by molar-refractivity contribution is -0.0202. The number of alkyl carbamates (subject to hydrolysis) is 1. The number of halogens is 1. The van der Waals surface area contributed by atoms with Crippen molar-refractivity contribution < 1.29 is 14.3 Å². The standard InChI is InChI=1S/C33H30BrN3O3/c34-27-16-17-28-26(21-27)18-19-36-30(28)29(20-23-10-4-1-5-11-23)31(37(36)32(38)25-14-8-3-9-15-25)35-33(39)40-22-24-12-6-2-7-13-24/h1-17,21,29-31H,18-20,22H2,(H,35,39)/t29-,30-,31-/m1/s1. The Labute approximate surface area is 242 Å². The number of hydrogen-bond acceptors (Lipinski definition) is 4. The van der Waals surface area contributed by atoms with Gasteiger partial charge in [-0.25, -0.2) is 14.8 Å². The van der Waals surface area contributed by atoms with Gasteiger partial charge in [0, 0.05) is 22.5 Å². The quantitative estimate of drug-likeness (QED) is 0.275. The zero-order valence-corrected chi connectivity index (χ0v) is 23.5. The smallest absolute Gasteiger partial charge is 0.409 e. The molecule has 6 rings (SSSR count). The summed E-state index contributed by atoms with van der Waals surface area (Å²) in [7, 11) is 0. The van der Waals surface area contributed by atoms with E-state index in [9.17, 15) is 9.59 Å². The fraction of sp³-hybridized carbons (Fsp3) is 0.212. The van der Waals surface area contributed by atoms with E-state index in [1.165, 1.54) is 11.1 Å². The summed E-state index contributed by atoms with van der Waals surface area (Å²) < 4.78 is 6.68. The molecule has 1 fully saturated rings. The maximum absolute atomic E-state index is 14.1. The van der Waals surface area contributed by atoms with E-state index in [0.717, 1.165) is 22.0 Å². The molecule has 0 radical (unpaired) electrons. The first-order chi connectivity index (χ1) is 19.6. The van der Waals surface area contributed by atoms with Gasteiger partial charge < -0.3 is 4.74 Å². The number of hydrazine groups is 1. The van der Waals surface area contributed by atoms with Gasteiger partial charge in [0.05, 0.1) is 6.04 Å². The van der Waals surface area contributed by atoms with Crippen LogP contribution in [0.25, 0.3) is 0 Å². The summed E-state index contributed by atoms with van der Waals surface area (Å²) in [5, 5.41) is 7.03. The highest BCUT2D eigenvalue weighted by molar-refractivity contribution is 9.10. The number of nitrogens with zero attached hydrogens (tertiary/aromatic N) is 2. The molecule has 2 amide bonds. The summed E-state index contributed by atoms with van der Waals surface area (Å²) in [6.07, 6.45) is 0.330. The van der Waals surface area contributed by atoms with Crippen LogP contribution in [0.4, 0.5) is 4.79 Å². The van der Waals surface area contributed by atoms with Gasteiger partial charge in [0.1, 0.15) is 12.8 Å². The normalized spacial score (nSPS) is 19.9. The van der Waals surface area contributed by atoms with E-state index in [-0.39, 0.29) is 24.5 Å². The van der Waals surface area contributed by atoms with Crippen molar-refractivity contribution in [1.29, 1.82) is 0 Å². The minimum atomic E-state index is -0.601. The minimum absolute atomic E-state index is 0.0934. The number of ether oxygens (including phenoxy) is 1. The number of benzene rings is 4. The Balaban J connectivity index is 1.39.